The fraction of sp³-hybridized carbons (Fsp3) is 0.480. The zero-order chi connectivity index (χ0) is 23.2. The summed E-state index contributed by atoms with van der Waals surface area (Å²) in [6.07, 6.45) is 3.64. The Morgan fingerprint density at radius 3 is 2.30 bits per heavy atom. The van der Waals surface area contributed by atoms with Crippen LogP contribution in [0.4, 0.5) is 0 Å². The van der Waals surface area contributed by atoms with Crippen LogP contribution in [0.2, 0.25) is 0 Å². The highest BCUT2D eigenvalue weighted by atomic mass is 16.2. The van der Waals surface area contributed by atoms with Crippen LogP contribution in [0.1, 0.15) is 39.3 Å². The van der Waals surface area contributed by atoms with Crippen molar-refractivity contribution in [2.45, 2.75) is 19.4 Å². The molecule has 1 aromatic carbocycles. The maximum atomic E-state index is 12.7. The number of benzene rings is 1. The molecule has 176 valence electrons. The summed E-state index contributed by atoms with van der Waals surface area (Å²) in [7, 11) is 1.78. The van der Waals surface area contributed by atoms with Gasteiger partial charge in [-0.2, -0.15) is 0 Å². The van der Waals surface area contributed by atoms with Gasteiger partial charge in [0.1, 0.15) is 5.69 Å². The van der Waals surface area contributed by atoms with E-state index in [1.807, 2.05) is 28.0 Å². The highest BCUT2D eigenvalue weighted by Crippen LogP contribution is 2.14. The van der Waals surface area contributed by atoms with Gasteiger partial charge in [0, 0.05) is 57.6 Å². The Hall–Kier alpha value is -2.97. The molecule has 2 amide bonds. The number of aromatic nitrogens is 1. The van der Waals surface area contributed by atoms with Crippen molar-refractivity contribution in [1.82, 2.24) is 24.6 Å². The molecule has 0 unspecified atom stereocenters. The first kappa shape index (κ1) is 23.2. The summed E-state index contributed by atoms with van der Waals surface area (Å²) in [5.41, 5.74) is 2.21. The van der Waals surface area contributed by atoms with E-state index in [-0.39, 0.29) is 30.7 Å². The van der Waals surface area contributed by atoms with E-state index in [9.17, 15) is 14.4 Å². The Labute approximate surface area is 195 Å². The zero-order valence-corrected chi connectivity index (χ0v) is 19.3. The van der Waals surface area contributed by atoms with Crippen molar-refractivity contribution in [3.05, 3.63) is 59.4 Å². The molecule has 4 rings (SSSR count). The second-order valence-corrected chi connectivity index (χ2v) is 9.04. The van der Waals surface area contributed by atoms with Crippen LogP contribution in [0.5, 0.6) is 0 Å². The first-order chi connectivity index (χ1) is 16.0. The number of Topliss-reactive ketones (excluding diaryl/α,β-unsaturated/α-hetero) is 1. The summed E-state index contributed by atoms with van der Waals surface area (Å²) >= 11 is 0. The topological polar surface area (TPSA) is 80.0 Å². The van der Waals surface area contributed by atoms with Crippen molar-refractivity contribution in [2.24, 2.45) is 0 Å². The molecule has 2 saturated heterocycles. The van der Waals surface area contributed by atoms with E-state index in [0.29, 0.717) is 24.3 Å². The second kappa shape index (κ2) is 10.8. The molecule has 0 radical (unpaired) electrons. The number of amides is 2. The number of aromatic amines is 1. The minimum absolute atomic E-state index is 0.0450. The zero-order valence-electron chi connectivity index (χ0n) is 19.3. The Bertz CT molecular complexity index is 959. The van der Waals surface area contributed by atoms with Crippen LogP contribution in [0.25, 0.3) is 0 Å². The summed E-state index contributed by atoms with van der Waals surface area (Å²) in [5, 5.41) is 0. The fourth-order valence-electron chi connectivity index (χ4n) is 4.49. The average Bonchev–Trinajstić information content (AvgIpc) is 3.52. The Morgan fingerprint density at radius 2 is 1.61 bits per heavy atom. The van der Waals surface area contributed by atoms with E-state index < -0.39 is 0 Å². The normalized spacial score (nSPS) is 17.0. The molecule has 33 heavy (non-hydrogen) atoms. The number of carbonyl (C=O) groups excluding carboxylic acids is 3. The van der Waals surface area contributed by atoms with Gasteiger partial charge < -0.3 is 14.8 Å². The van der Waals surface area contributed by atoms with Gasteiger partial charge in [-0.1, -0.05) is 30.3 Å². The van der Waals surface area contributed by atoms with Crippen LogP contribution in [0.3, 0.4) is 0 Å². The molecule has 0 bridgehead atoms. The van der Waals surface area contributed by atoms with Gasteiger partial charge in [-0.3, -0.25) is 24.2 Å². The van der Waals surface area contributed by atoms with Gasteiger partial charge in [0.2, 0.25) is 5.91 Å². The maximum absolute atomic E-state index is 12.7. The van der Waals surface area contributed by atoms with Gasteiger partial charge in [0.25, 0.3) is 5.91 Å². The van der Waals surface area contributed by atoms with Gasteiger partial charge in [-0.05, 0) is 31.5 Å². The fourth-order valence-corrected chi connectivity index (χ4v) is 4.49. The molecule has 8 nitrogen and oxygen atoms in total. The molecule has 0 aliphatic carbocycles. The number of piperazine rings is 1. The van der Waals surface area contributed by atoms with Crippen LogP contribution >= 0.6 is 0 Å². The molecule has 2 aromatic rings. The molecule has 2 aliphatic heterocycles. The van der Waals surface area contributed by atoms with Crippen molar-refractivity contribution in [1.29, 1.82) is 0 Å². The minimum Gasteiger partial charge on any atom is -0.356 e. The van der Waals surface area contributed by atoms with Crippen molar-refractivity contribution in [3.8, 4) is 0 Å². The predicted molar refractivity (Wildman–Crippen MR) is 126 cm³/mol. The third-order valence-corrected chi connectivity index (χ3v) is 6.42. The summed E-state index contributed by atoms with van der Waals surface area (Å²) in [6, 6.07) is 12.0. The first-order valence-electron chi connectivity index (χ1n) is 11.7. The second-order valence-electron chi connectivity index (χ2n) is 9.04. The number of carbonyl (C=O) groups is 3. The number of nitrogens with zero attached hydrogens (tertiary/aromatic N) is 4. The molecule has 2 aliphatic rings. The summed E-state index contributed by atoms with van der Waals surface area (Å²) in [5.74, 6) is -0.111. The van der Waals surface area contributed by atoms with Gasteiger partial charge in [-0.15, -0.1) is 0 Å². The molecule has 2 fully saturated rings. The molecular formula is C25H33N5O3. The van der Waals surface area contributed by atoms with Crippen LogP contribution in [-0.4, -0.2) is 102 Å². The van der Waals surface area contributed by atoms with E-state index in [4.69, 9.17) is 0 Å². The highest BCUT2D eigenvalue weighted by molar-refractivity contribution is 6.01. The van der Waals surface area contributed by atoms with E-state index in [1.165, 1.54) is 5.56 Å². The van der Waals surface area contributed by atoms with Crippen molar-refractivity contribution in [3.63, 3.8) is 0 Å². The van der Waals surface area contributed by atoms with Gasteiger partial charge >= 0.3 is 0 Å². The number of ketones is 1. The van der Waals surface area contributed by atoms with Crippen LogP contribution < -0.4 is 0 Å². The third kappa shape index (κ3) is 6.09. The quantitative estimate of drug-likeness (QED) is 0.618. The number of rotatable bonds is 8. The molecule has 1 aromatic heterocycles. The molecule has 8 heteroatoms. The van der Waals surface area contributed by atoms with Crippen LogP contribution in [0.15, 0.2) is 42.6 Å². The minimum atomic E-state index is -0.102. The molecular weight excluding hydrogens is 418 g/mol. The SMILES string of the molecule is CN(CC(=O)c1c[nH]c(C(=O)N2CCCC2)c1)CC(=O)N1CCN(Cc2ccccc2)CC1. The highest BCUT2D eigenvalue weighted by Gasteiger charge is 2.24. The molecule has 0 spiro atoms. The number of likely N-dealkylation sites (tertiary alicyclic amines) is 1. The predicted octanol–water partition coefficient (Wildman–Crippen LogP) is 1.71. The van der Waals surface area contributed by atoms with E-state index >= 15 is 0 Å². The molecule has 1 N–H and O–H groups in total. The van der Waals surface area contributed by atoms with Crippen molar-refractivity contribution >= 4 is 17.6 Å². The van der Waals surface area contributed by atoms with Crippen molar-refractivity contribution < 1.29 is 14.4 Å². The van der Waals surface area contributed by atoms with Gasteiger partial charge in [0.15, 0.2) is 5.78 Å². The van der Waals surface area contributed by atoms with Crippen LogP contribution in [-0.2, 0) is 11.3 Å². The van der Waals surface area contributed by atoms with Gasteiger partial charge in [-0.25, -0.2) is 0 Å². The lowest BCUT2D eigenvalue weighted by Crippen LogP contribution is -2.50. The monoisotopic (exact) mass is 451 g/mol. The van der Waals surface area contributed by atoms with Crippen LogP contribution in [0, 0.1) is 0 Å². The lowest BCUT2D eigenvalue weighted by molar-refractivity contribution is -0.133. The smallest absolute Gasteiger partial charge is 0.270 e. The molecule has 0 saturated carbocycles. The number of hydrogen-bond acceptors (Lipinski definition) is 5. The van der Waals surface area contributed by atoms with Gasteiger partial charge in [0.05, 0.1) is 13.1 Å². The lowest BCUT2D eigenvalue weighted by Gasteiger charge is -2.35. The lowest BCUT2D eigenvalue weighted by atomic mass is 10.2. The van der Waals surface area contributed by atoms with Crippen molar-refractivity contribution in [2.75, 3.05) is 59.4 Å². The average molecular weight is 452 g/mol. The Balaban J connectivity index is 1.21. The number of likely N-dealkylation sites (N-methyl/N-ethyl adjacent to an activating group) is 1. The molecule has 0 atom stereocenters. The van der Waals surface area contributed by atoms with E-state index in [0.717, 1.165) is 45.6 Å². The number of hydrogen-bond donors (Lipinski definition) is 1. The number of H-pyrrole nitrogens is 1. The number of nitrogens with one attached hydrogen (secondary N) is 1. The molecule has 3 heterocycles. The van der Waals surface area contributed by atoms with E-state index in [1.54, 1.807) is 24.2 Å². The Morgan fingerprint density at radius 1 is 0.909 bits per heavy atom. The third-order valence-electron chi connectivity index (χ3n) is 6.42. The summed E-state index contributed by atoms with van der Waals surface area (Å²) in [4.78, 5) is 48.6. The maximum Gasteiger partial charge on any atom is 0.270 e. The van der Waals surface area contributed by atoms with E-state index in [2.05, 4.69) is 22.0 Å². The first-order valence-corrected chi connectivity index (χ1v) is 11.7. The summed E-state index contributed by atoms with van der Waals surface area (Å²) in [6.45, 7) is 5.87. The standard InChI is InChI=1S/C25H33N5O3/c1-27(18-23(31)21-15-22(26-16-21)25(33)30-9-5-6-10-30)19-24(32)29-13-11-28(12-14-29)17-20-7-3-2-4-8-20/h2-4,7-8,15-16,26H,5-6,9-14,17-19H2,1H3. The Kier molecular flexibility index (Phi) is 7.57. The summed E-state index contributed by atoms with van der Waals surface area (Å²) < 4.78 is 0. The largest absolute Gasteiger partial charge is 0.356 e.